The second-order valence-electron chi connectivity index (χ2n) is 4.20. The van der Waals surface area contributed by atoms with Crippen LogP contribution >= 0.6 is 0 Å². The minimum absolute atomic E-state index is 0.0557. The summed E-state index contributed by atoms with van der Waals surface area (Å²) in [6, 6.07) is 0. The molecule has 4 nitrogen and oxygen atoms in total. The van der Waals surface area contributed by atoms with Crippen molar-refractivity contribution in [2.24, 2.45) is 5.73 Å². The maximum atomic E-state index is 5.73. The molecular formula is C11H14BNO3. The van der Waals surface area contributed by atoms with E-state index in [9.17, 15) is 0 Å². The molecule has 0 saturated carbocycles. The predicted molar refractivity (Wildman–Crippen MR) is 60.4 cm³/mol. The summed E-state index contributed by atoms with van der Waals surface area (Å²) >= 11 is 0. The molecule has 3 aliphatic rings. The molecule has 84 valence electrons. The van der Waals surface area contributed by atoms with Crippen molar-refractivity contribution in [3.63, 3.8) is 0 Å². The molecule has 2 atom stereocenters. The lowest BCUT2D eigenvalue weighted by Crippen LogP contribution is -2.36. The normalized spacial score (nSPS) is 32.1. The number of hydrogen-bond donors (Lipinski definition) is 1. The molecule has 0 unspecified atom stereocenters. The summed E-state index contributed by atoms with van der Waals surface area (Å²) in [5, 5.41) is 0. The van der Waals surface area contributed by atoms with Gasteiger partial charge in [0.1, 0.15) is 6.10 Å². The molecule has 0 bridgehead atoms. The van der Waals surface area contributed by atoms with Crippen LogP contribution in [0.15, 0.2) is 35.0 Å². The standard InChI is InChI=1S/C11H14BNO3/c1-7-10-6-15-12-11(10)8(2-3-14-7)4-9(5-13)16-12/h2-4,7,9H,5-6,13H2,1H3/t7-,9+/m1/s1. The highest BCUT2D eigenvalue weighted by Crippen LogP contribution is 2.35. The molecule has 16 heavy (non-hydrogen) atoms. The van der Waals surface area contributed by atoms with E-state index in [0.29, 0.717) is 13.2 Å². The third-order valence-corrected chi connectivity index (χ3v) is 3.20. The Morgan fingerprint density at radius 2 is 2.44 bits per heavy atom. The fourth-order valence-corrected chi connectivity index (χ4v) is 2.31. The zero-order valence-corrected chi connectivity index (χ0v) is 9.18. The van der Waals surface area contributed by atoms with Crippen LogP contribution in [0.3, 0.4) is 0 Å². The van der Waals surface area contributed by atoms with Crippen LogP contribution in [0.5, 0.6) is 0 Å². The van der Waals surface area contributed by atoms with E-state index in [2.05, 4.69) is 0 Å². The monoisotopic (exact) mass is 219 g/mol. The first-order valence-corrected chi connectivity index (χ1v) is 5.54. The van der Waals surface area contributed by atoms with Crippen molar-refractivity contribution in [2.75, 3.05) is 13.2 Å². The Morgan fingerprint density at radius 1 is 1.56 bits per heavy atom. The molecule has 3 aliphatic heterocycles. The van der Waals surface area contributed by atoms with Crippen LogP contribution in [0, 0.1) is 0 Å². The Kier molecular flexibility index (Phi) is 2.39. The number of allylic oxidation sites excluding steroid dienone is 3. The lowest BCUT2D eigenvalue weighted by atomic mass is 9.70. The van der Waals surface area contributed by atoms with E-state index in [4.69, 9.17) is 19.8 Å². The van der Waals surface area contributed by atoms with Crippen molar-refractivity contribution in [2.45, 2.75) is 19.1 Å². The summed E-state index contributed by atoms with van der Waals surface area (Å²) in [4.78, 5) is 0. The third kappa shape index (κ3) is 1.43. The van der Waals surface area contributed by atoms with Crippen LogP contribution in [-0.2, 0) is 14.0 Å². The van der Waals surface area contributed by atoms with Gasteiger partial charge >= 0.3 is 7.12 Å². The van der Waals surface area contributed by atoms with Gasteiger partial charge in [0.25, 0.3) is 0 Å². The van der Waals surface area contributed by atoms with Crippen molar-refractivity contribution in [1.29, 1.82) is 0 Å². The average Bonchev–Trinajstić information content (AvgIpc) is 2.65. The van der Waals surface area contributed by atoms with Crippen molar-refractivity contribution in [1.82, 2.24) is 0 Å². The first kappa shape index (κ1) is 10.1. The molecule has 0 spiro atoms. The first-order chi connectivity index (χ1) is 7.79. The maximum absolute atomic E-state index is 5.73. The van der Waals surface area contributed by atoms with Gasteiger partial charge in [0, 0.05) is 6.54 Å². The minimum Gasteiger partial charge on any atom is -0.494 e. The molecular weight excluding hydrogens is 205 g/mol. The largest absolute Gasteiger partial charge is 0.495 e. The molecule has 0 amide bonds. The molecule has 3 heterocycles. The molecule has 0 aromatic carbocycles. The number of nitrogens with two attached hydrogens (primary N) is 1. The van der Waals surface area contributed by atoms with Crippen LogP contribution in [0.4, 0.5) is 0 Å². The van der Waals surface area contributed by atoms with E-state index in [0.717, 1.165) is 11.0 Å². The van der Waals surface area contributed by atoms with Gasteiger partial charge in [-0.2, -0.15) is 0 Å². The van der Waals surface area contributed by atoms with Gasteiger partial charge in [-0.1, -0.05) is 0 Å². The lowest BCUT2D eigenvalue weighted by Gasteiger charge is -2.23. The van der Waals surface area contributed by atoms with Crippen molar-refractivity contribution in [3.05, 3.63) is 35.0 Å². The molecule has 3 rings (SSSR count). The fraction of sp³-hybridized carbons (Fsp3) is 0.455. The molecule has 0 fully saturated rings. The molecule has 0 aromatic heterocycles. The highest BCUT2D eigenvalue weighted by atomic mass is 16.6. The first-order valence-electron chi connectivity index (χ1n) is 5.54. The summed E-state index contributed by atoms with van der Waals surface area (Å²) in [6.07, 6.45) is 5.73. The number of hydrogen-bond acceptors (Lipinski definition) is 4. The van der Waals surface area contributed by atoms with Crippen LogP contribution in [0.2, 0.25) is 0 Å². The molecule has 0 radical (unpaired) electrons. The fourth-order valence-electron chi connectivity index (χ4n) is 2.31. The van der Waals surface area contributed by atoms with Crippen LogP contribution in [-0.4, -0.2) is 32.5 Å². The smallest absolute Gasteiger partial charge is 0.494 e. The average molecular weight is 219 g/mol. The van der Waals surface area contributed by atoms with Crippen LogP contribution in [0.1, 0.15) is 6.92 Å². The second-order valence-corrected chi connectivity index (χ2v) is 4.20. The van der Waals surface area contributed by atoms with Crippen molar-refractivity contribution < 1.29 is 14.0 Å². The molecule has 2 N–H and O–H groups in total. The van der Waals surface area contributed by atoms with Crippen LogP contribution < -0.4 is 5.73 Å². The molecule has 0 aliphatic carbocycles. The SMILES string of the molecule is C[C@H]1OC=CC2=C[C@@H](CN)OB3OCC1=C32. The number of ether oxygens (including phenoxy) is 1. The molecule has 0 aromatic rings. The van der Waals surface area contributed by atoms with E-state index in [1.54, 1.807) is 6.26 Å². The van der Waals surface area contributed by atoms with E-state index >= 15 is 0 Å². The number of rotatable bonds is 1. The predicted octanol–water partition coefficient (Wildman–Crippen LogP) is 0.557. The quantitative estimate of drug-likeness (QED) is 0.654. The van der Waals surface area contributed by atoms with Gasteiger partial charge in [0.2, 0.25) is 0 Å². The van der Waals surface area contributed by atoms with E-state index in [1.807, 2.05) is 19.1 Å². The zero-order chi connectivity index (χ0) is 11.1. The Hall–Kier alpha value is -1.04. The summed E-state index contributed by atoms with van der Waals surface area (Å²) in [6.45, 7) is 3.07. The summed E-state index contributed by atoms with van der Waals surface area (Å²) in [7, 11) is -0.266. The van der Waals surface area contributed by atoms with Gasteiger partial charge in [-0.05, 0) is 35.7 Å². The Morgan fingerprint density at radius 3 is 3.25 bits per heavy atom. The maximum Gasteiger partial charge on any atom is 0.495 e. The highest BCUT2D eigenvalue weighted by molar-refractivity contribution is 6.57. The van der Waals surface area contributed by atoms with E-state index in [-0.39, 0.29) is 19.3 Å². The highest BCUT2D eigenvalue weighted by Gasteiger charge is 2.41. The Labute approximate surface area is 94.9 Å². The van der Waals surface area contributed by atoms with Gasteiger partial charge < -0.3 is 19.8 Å². The molecule has 5 heteroatoms. The van der Waals surface area contributed by atoms with Gasteiger partial charge in [-0.15, -0.1) is 0 Å². The van der Waals surface area contributed by atoms with Gasteiger partial charge in [0.15, 0.2) is 0 Å². The van der Waals surface area contributed by atoms with E-state index < -0.39 is 0 Å². The topological polar surface area (TPSA) is 53.7 Å². The van der Waals surface area contributed by atoms with Gasteiger partial charge in [-0.3, -0.25) is 0 Å². The van der Waals surface area contributed by atoms with E-state index in [1.165, 1.54) is 5.57 Å². The Balaban J connectivity index is 2.07. The lowest BCUT2D eigenvalue weighted by molar-refractivity contribution is 0.165. The summed E-state index contributed by atoms with van der Waals surface area (Å²) < 4.78 is 16.9. The van der Waals surface area contributed by atoms with Crippen molar-refractivity contribution in [3.8, 4) is 0 Å². The van der Waals surface area contributed by atoms with Crippen molar-refractivity contribution >= 4 is 7.12 Å². The second kappa shape index (κ2) is 3.77. The third-order valence-electron chi connectivity index (χ3n) is 3.20. The summed E-state index contributed by atoms with van der Waals surface area (Å²) in [5.41, 5.74) is 9.06. The van der Waals surface area contributed by atoms with Crippen LogP contribution in [0.25, 0.3) is 0 Å². The van der Waals surface area contributed by atoms with Gasteiger partial charge in [-0.25, -0.2) is 0 Å². The Bertz CT molecular complexity index is 402. The summed E-state index contributed by atoms with van der Waals surface area (Å²) in [5.74, 6) is 0. The van der Waals surface area contributed by atoms with Gasteiger partial charge in [0.05, 0.1) is 19.0 Å². The molecule has 0 saturated heterocycles. The zero-order valence-electron chi connectivity index (χ0n) is 9.18. The minimum atomic E-state index is -0.266.